The van der Waals surface area contributed by atoms with Gasteiger partial charge in [-0.1, -0.05) is 30.3 Å². The molecule has 104 valence electrons. The molecule has 2 fully saturated rings. The fourth-order valence-corrected chi connectivity index (χ4v) is 3.26. The highest BCUT2D eigenvalue weighted by atomic mass is 16.8. The van der Waals surface area contributed by atoms with E-state index in [2.05, 4.69) is 12.1 Å². The molecule has 2 aliphatic rings. The summed E-state index contributed by atoms with van der Waals surface area (Å²) in [5, 5.41) is 9.94. The van der Waals surface area contributed by atoms with Crippen LogP contribution in [0.2, 0.25) is 0 Å². The summed E-state index contributed by atoms with van der Waals surface area (Å²) in [4.78, 5) is 0. The van der Waals surface area contributed by atoms with Crippen LogP contribution in [0, 0.1) is 0 Å². The molecule has 1 saturated carbocycles. The first kappa shape index (κ1) is 13.1. The number of aliphatic hydroxyl groups excluding tert-OH is 1. The third-order valence-electron chi connectivity index (χ3n) is 4.20. The van der Waals surface area contributed by atoms with Crippen LogP contribution in [0.5, 0.6) is 0 Å². The Kier molecular flexibility index (Phi) is 3.61. The van der Waals surface area contributed by atoms with Crippen LogP contribution in [0.1, 0.15) is 38.2 Å². The van der Waals surface area contributed by atoms with Crippen molar-refractivity contribution in [1.29, 1.82) is 0 Å². The third kappa shape index (κ3) is 2.69. The first-order valence-corrected chi connectivity index (χ1v) is 7.26. The van der Waals surface area contributed by atoms with Gasteiger partial charge in [-0.05, 0) is 25.3 Å². The third-order valence-corrected chi connectivity index (χ3v) is 4.20. The molecule has 1 aliphatic carbocycles. The topological polar surface area (TPSA) is 38.7 Å². The highest BCUT2D eigenvalue weighted by molar-refractivity contribution is 5.16. The maximum atomic E-state index is 9.94. The van der Waals surface area contributed by atoms with Gasteiger partial charge in [-0.3, -0.25) is 0 Å². The summed E-state index contributed by atoms with van der Waals surface area (Å²) in [6, 6.07) is 10.3. The fourth-order valence-electron chi connectivity index (χ4n) is 3.26. The predicted octanol–water partition coefficient (Wildman–Crippen LogP) is 2.66. The van der Waals surface area contributed by atoms with Crippen molar-refractivity contribution in [2.75, 3.05) is 0 Å². The number of rotatable bonds is 3. The minimum atomic E-state index is -0.492. The molecule has 3 heteroatoms. The summed E-state index contributed by atoms with van der Waals surface area (Å²) in [5.41, 5.74) is 1.23. The van der Waals surface area contributed by atoms with Gasteiger partial charge in [0.2, 0.25) is 0 Å². The molecule has 3 nitrogen and oxygen atoms in total. The van der Waals surface area contributed by atoms with Gasteiger partial charge in [0.1, 0.15) is 6.10 Å². The quantitative estimate of drug-likeness (QED) is 0.910. The predicted molar refractivity (Wildman–Crippen MR) is 72.8 cm³/mol. The second-order valence-electron chi connectivity index (χ2n) is 5.79. The van der Waals surface area contributed by atoms with Crippen molar-refractivity contribution < 1.29 is 14.6 Å². The monoisotopic (exact) mass is 262 g/mol. The largest absolute Gasteiger partial charge is 0.391 e. The number of hydrogen-bond acceptors (Lipinski definition) is 3. The normalized spacial score (nSPS) is 30.8. The number of hydrogen-bond donors (Lipinski definition) is 1. The van der Waals surface area contributed by atoms with Crippen LogP contribution < -0.4 is 0 Å². The van der Waals surface area contributed by atoms with Crippen molar-refractivity contribution in [3.8, 4) is 0 Å². The lowest BCUT2D eigenvalue weighted by Crippen LogP contribution is -2.34. The maximum absolute atomic E-state index is 9.94. The van der Waals surface area contributed by atoms with Crippen LogP contribution in [-0.4, -0.2) is 29.2 Å². The highest BCUT2D eigenvalue weighted by Crippen LogP contribution is 2.43. The number of benzene rings is 1. The summed E-state index contributed by atoms with van der Waals surface area (Å²) in [6.07, 6.45) is 4.29. The zero-order chi connectivity index (χ0) is 13.3. The van der Waals surface area contributed by atoms with E-state index in [1.54, 1.807) is 6.92 Å². The molecule has 1 unspecified atom stereocenters. The lowest BCUT2D eigenvalue weighted by Gasteiger charge is -2.22. The molecule has 0 amide bonds. The van der Waals surface area contributed by atoms with Crippen LogP contribution >= 0.6 is 0 Å². The van der Waals surface area contributed by atoms with E-state index in [9.17, 15) is 5.11 Å². The van der Waals surface area contributed by atoms with E-state index in [1.165, 1.54) is 5.56 Å². The average Bonchev–Trinajstić information content (AvgIpc) is 2.99. The summed E-state index contributed by atoms with van der Waals surface area (Å²) in [7, 11) is 0. The lowest BCUT2D eigenvalue weighted by atomic mass is 10.0. The summed E-state index contributed by atoms with van der Waals surface area (Å²) >= 11 is 0. The van der Waals surface area contributed by atoms with Gasteiger partial charge in [0.15, 0.2) is 5.79 Å². The van der Waals surface area contributed by atoms with Gasteiger partial charge < -0.3 is 14.6 Å². The molecule has 19 heavy (non-hydrogen) atoms. The van der Waals surface area contributed by atoms with Crippen molar-refractivity contribution in [2.45, 2.75) is 63.1 Å². The average molecular weight is 262 g/mol. The molecule has 3 atom stereocenters. The fraction of sp³-hybridized carbons (Fsp3) is 0.625. The summed E-state index contributed by atoms with van der Waals surface area (Å²) in [6.45, 7) is 1.79. The number of ether oxygens (including phenoxy) is 2. The minimum Gasteiger partial charge on any atom is -0.391 e. The molecule has 1 N–H and O–H groups in total. The van der Waals surface area contributed by atoms with Crippen molar-refractivity contribution in [1.82, 2.24) is 0 Å². The Morgan fingerprint density at radius 2 is 1.89 bits per heavy atom. The molecule has 0 radical (unpaired) electrons. The molecule has 1 spiro atoms. The van der Waals surface area contributed by atoms with Crippen LogP contribution in [0.4, 0.5) is 0 Å². The first-order chi connectivity index (χ1) is 9.19. The van der Waals surface area contributed by atoms with Gasteiger partial charge in [-0.2, -0.15) is 0 Å². The van der Waals surface area contributed by atoms with Crippen molar-refractivity contribution in [2.24, 2.45) is 0 Å². The van der Waals surface area contributed by atoms with Crippen LogP contribution in [0.15, 0.2) is 30.3 Å². The Bertz CT molecular complexity index is 409. The van der Waals surface area contributed by atoms with Crippen molar-refractivity contribution in [3.05, 3.63) is 35.9 Å². The van der Waals surface area contributed by atoms with Gasteiger partial charge in [-0.25, -0.2) is 0 Å². The smallest absolute Gasteiger partial charge is 0.169 e. The molecule has 0 aromatic heterocycles. The van der Waals surface area contributed by atoms with E-state index in [-0.39, 0.29) is 12.2 Å². The molecule has 1 aromatic rings. The maximum Gasteiger partial charge on any atom is 0.169 e. The van der Waals surface area contributed by atoms with Crippen LogP contribution in [0.25, 0.3) is 0 Å². The second-order valence-corrected chi connectivity index (χ2v) is 5.79. The zero-order valence-corrected chi connectivity index (χ0v) is 11.4. The van der Waals surface area contributed by atoms with Gasteiger partial charge in [-0.15, -0.1) is 0 Å². The SMILES string of the molecule is CC(O)[C@@H]1OC2(CCCC2)O[C@H]1Cc1ccccc1. The van der Waals surface area contributed by atoms with E-state index in [0.717, 1.165) is 32.1 Å². The Balaban J connectivity index is 1.75. The van der Waals surface area contributed by atoms with Gasteiger partial charge in [0, 0.05) is 19.3 Å². The minimum absolute atomic E-state index is 0.0412. The van der Waals surface area contributed by atoms with E-state index < -0.39 is 11.9 Å². The molecule has 3 rings (SSSR count). The Hall–Kier alpha value is -0.900. The molecule has 1 aliphatic heterocycles. The zero-order valence-electron chi connectivity index (χ0n) is 11.4. The van der Waals surface area contributed by atoms with E-state index >= 15 is 0 Å². The van der Waals surface area contributed by atoms with Crippen molar-refractivity contribution in [3.63, 3.8) is 0 Å². The summed E-state index contributed by atoms with van der Waals surface area (Å²) < 4.78 is 12.3. The molecular weight excluding hydrogens is 240 g/mol. The first-order valence-electron chi connectivity index (χ1n) is 7.26. The number of aliphatic hydroxyl groups is 1. The van der Waals surface area contributed by atoms with E-state index in [4.69, 9.17) is 9.47 Å². The Morgan fingerprint density at radius 1 is 1.21 bits per heavy atom. The standard InChI is InChI=1S/C16H22O3/c1-12(17)15-14(11-13-7-3-2-4-8-13)18-16(19-15)9-5-6-10-16/h2-4,7-8,12,14-15,17H,5-6,9-11H2,1H3/t12?,14-,15-/m0/s1. The second kappa shape index (κ2) is 5.23. The van der Waals surface area contributed by atoms with Crippen LogP contribution in [0.3, 0.4) is 0 Å². The molecule has 0 bridgehead atoms. The van der Waals surface area contributed by atoms with Crippen molar-refractivity contribution >= 4 is 0 Å². The Morgan fingerprint density at radius 3 is 2.53 bits per heavy atom. The Labute approximate surface area is 114 Å². The molecule has 1 aromatic carbocycles. The van der Waals surface area contributed by atoms with Gasteiger partial charge in [0.05, 0.1) is 12.2 Å². The van der Waals surface area contributed by atoms with E-state index in [1.807, 2.05) is 18.2 Å². The molecule has 1 saturated heterocycles. The molecule has 1 heterocycles. The lowest BCUT2D eigenvalue weighted by molar-refractivity contribution is -0.175. The van der Waals surface area contributed by atoms with Gasteiger partial charge in [0.25, 0.3) is 0 Å². The van der Waals surface area contributed by atoms with E-state index in [0.29, 0.717) is 0 Å². The van der Waals surface area contributed by atoms with Gasteiger partial charge >= 0.3 is 0 Å². The summed E-state index contributed by atoms with van der Waals surface area (Å²) in [5.74, 6) is -0.416. The highest BCUT2D eigenvalue weighted by Gasteiger charge is 2.50. The van der Waals surface area contributed by atoms with Crippen LogP contribution in [-0.2, 0) is 15.9 Å². The molecular formula is C16H22O3.